The average Bonchev–Trinajstić information content (AvgIpc) is 2.88. The summed E-state index contributed by atoms with van der Waals surface area (Å²) >= 11 is 0. The predicted molar refractivity (Wildman–Crippen MR) is 149 cm³/mol. The van der Waals surface area contributed by atoms with E-state index in [-0.39, 0.29) is 12.8 Å². The Morgan fingerprint density at radius 1 is 0.525 bits per heavy atom. The van der Waals surface area contributed by atoms with Crippen molar-refractivity contribution in [3.05, 3.63) is 70.8 Å². The van der Waals surface area contributed by atoms with Gasteiger partial charge in [0.15, 0.2) is 0 Å². The van der Waals surface area contributed by atoms with Crippen LogP contribution < -0.4 is 11.5 Å². The van der Waals surface area contributed by atoms with E-state index in [0.717, 1.165) is 75.6 Å². The van der Waals surface area contributed by atoms with Gasteiger partial charge in [0.1, 0.15) is 0 Å². The average molecular weight is 571 g/mol. The third kappa shape index (κ3) is 13.8. The van der Waals surface area contributed by atoms with Crippen molar-refractivity contribution in [1.82, 2.24) is 0 Å². The van der Waals surface area contributed by atoms with Gasteiger partial charge in [0.2, 0.25) is 0 Å². The van der Waals surface area contributed by atoms with Gasteiger partial charge in [-0.05, 0) is 36.1 Å². The molecule has 40 heavy (non-hydrogen) atoms. The summed E-state index contributed by atoms with van der Waals surface area (Å²) in [6.45, 7) is 1.16. The Morgan fingerprint density at radius 2 is 0.850 bits per heavy atom. The van der Waals surface area contributed by atoms with Gasteiger partial charge in [-0.1, -0.05) is 87.8 Å². The summed E-state index contributed by atoms with van der Waals surface area (Å²) in [7, 11) is 0. The maximum atomic E-state index is 12.8. The SMILES string of the molecule is NC(Cc1cccc(C(F)(F)F)c1)=NCCCCCCCCCCCCN=C(N)Cc1cccc(C(F)(F)F)c1. The van der Waals surface area contributed by atoms with E-state index in [4.69, 9.17) is 11.5 Å². The standard InChI is InChI=1S/C30H40F6N4/c31-29(32,33)25-15-11-13-23(19-25)21-27(37)39-17-9-7-5-3-1-2-4-6-8-10-18-40-28(38)22-24-14-12-16-26(20-24)30(34,35)36/h11-16,19-20H,1-10,17-18,21-22H2,(H2,37,39)(H2,38,40). The van der Waals surface area contributed by atoms with Crippen LogP contribution in [0.15, 0.2) is 58.5 Å². The highest BCUT2D eigenvalue weighted by Crippen LogP contribution is 2.30. The Bertz CT molecular complexity index is 991. The van der Waals surface area contributed by atoms with Gasteiger partial charge >= 0.3 is 12.4 Å². The van der Waals surface area contributed by atoms with E-state index in [0.29, 0.717) is 35.9 Å². The van der Waals surface area contributed by atoms with Gasteiger partial charge in [-0.15, -0.1) is 0 Å². The van der Waals surface area contributed by atoms with Crippen LogP contribution in [0, 0.1) is 0 Å². The first-order valence-electron chi connectivity index (χ1n) is 13.8. The third-order valence-electron chi connectivity index (χ3n) is 6.48. The molecular weight excluding hydrogens is 530 g/mol. The molecule has 0 saturated heterocycles. The van der Waals surface area contributed by atoms with Gasteiger partial charge in [-0.3, -0.25) is 9.98 Å². The molecule has 0 aliphatic carbocycles. The Kier molecular flexibility index (Phi) is 14.0. The number of benzene rings is 2. The van der Waals surface area contributed by atoms with Crippen molar-refractivity contribution >= 4 is 11.7 Å². The molecule has 10 heteroatoms. The van der Waals surface area contributed by atoms with Gasteiger partial charge in [0.25, 0.3) is 0 Å². The van der Waals surface area contributed by atoms with Gasteiger partial charge < -0.3 is 11.5 Å². The number of nitrogens with zero attached hydrogens (tertiary/aromatic N) is 2. The van der Waals surface area contributed by atoms with E-state index < -0.39 is 23.5 Å². The minimum atomic E-state index is -4.37. The van der Waals surface area contributed by atoms with Crippen LogP contribution in [0.4, 0.5) is 26.3 Å². The molecule has 4 N–H and O–H groups in total. The van der Waals surface area contributed by atoms with Crippen LogP contribution >= 0.6 is 0 Å². The molecule has 2 rings (SSSR count). The number of unbranched alkanes of at least 4 members (excludes halogenated alkanes) is 9. The molecule has 0 amide bonds. The van der Waals surface area contributed by atoms with Crippen molar-refractivity contribution in [3.8, 4) is 0 Å². The monoisotopic (exact) mass is 570 g/mol. The van der Waals surface area contributed by atoms with Crippen LogP contribution in [0.5, 0.6) is 0 Å². The Labute approximate surface area is 233 Å². The van der Waals surface area contributed by atoms with Crippen molar-refractivity contribution in [2.75, 3.05) is 13.1 Å². The van der Waals surface area contributed by atoms with Crippen LogP contribution in [0.25, 0.3) is 0 Å². The summed E-state index contributed by atoms with van der Waals surface area (Å²) in [6.07, 6.45) is 2.46. The molecule has 0 aromatic heterocycles. The minimum absolute atomic E-state index is 0.212. The summed E-state index contributed by atoms with van der Waals surface area (Å²) < 4.78 is 76.9. The lowest BCUT2D eigenvalue weighted by Crippen LogP contribution is -2.16. The molecule has 2 aromatic carbocycles. The first kappa shape index (κ1) is 33.2. The molecule has 0 heterocycles. The van der Waals surface area contributed by atoms with Crippen LogP contribution in [0.3, 0.4) is 0 Å². The molecule has 2 aromatic rings. The second-order valence-electron chi connectivity index (χ2n) is 10.0. The summed E-state index contributed by atoms with van der Waals surface area (Å²) in [5.74, 6) is 0.701. The molecule has 222 valence electrons. The highest BCUT2D eigenvalue weighted by molar-refractivity contribution is 5.83. The number of halogens is 6. The zero-order chi connectivity index (χ0) is 29.4. The molecule has 0 aliphatic heterocycles. The fourth-order valence-corrected chi connectivity index (χ4v) is 4.33. The number of nitrogens with two attached hydrogens (primary N) is 2. The Balaban J connectivity index is 1.45. The van der Waals surface area contributed by atoms with Crippen molar-refractivity contribution < 1.29 is 26.3 Å². The lowest BCUT2D eigenvalue weighted by molar-refractivity contribution is -0.138. The summed E-state index contributed by atoms with van der Waals surface area (Å²) in [4.78, 5) is 8.59. The number of rotatable bonds is 17. The molecule has 0 atom stereocenters. The van der Waals surface area contributed by atoms with E-state index in [1.165, 1.54) is 25.0 Å². The fourth-order valence-electron chi connectivity index (χ4n) is 4.33. The predicted octanol–water partition coefficient (Wildman–Crippen LogP) is 8.12. The largest absolute Gasteiger partial charge is 0.416 e. The van der Waals surface area contributed by atoms with Crippen LogP contribution in [0.2, 0.25) is 0 Å². The number of hydrogen-bond acceptors (Lipinski definition) is 2. The highest BCUT2D eigenvalue weighted by atomic mass is 19.4. The van der Waals surface area contributed by atoms with E-state index >= 15 is 0 Å². The van der Waals surface area contributed by atoms with Crippen molar-refractivity contribution in [2.24, 2.45) is 21.5 Å². The summed E-state index contributed by atoms with van der Waals surface area (Å²) in [5.41, 5.74) is 11.4. The molecule has 0 aliphatic rings. The van der Waals surface area contributed by atoms with Crippen LogP contribution in [-0.2, 0) is 25.2 Å². The Morgan fingerprint density at radius 3 is 1.18 bits per heavy atom. The van der Waals surface area contributed by atoms with Crippen LogP contribution in [0.1, 0.15) is 86.5 Å². The third-order valence-corrected chi connectivity index (χ3v) is 6.48. The molecule has 0 fully saturated rings. The van der Waals surface area contributed by atoms with Crippen molar-refractivity contribution in [1.29, 1.82) is 0 Å². The normalized spacial score (nSPS) is 13.2. The van der Waals surface area contributed by atoms with Gasteiger partial charge in [-0.2, -0.15) is 26.3 Å². The quantitative estimate of drug-likeness (QED) is 0.0872. The smallest absolute Gasteiger partial charge is 0.387 e. The molecule has 0 unspecified atom stereocenters. The molecule has 0 spiro atoms. The van der Waals surface area contributed by atoms with Gasteiger partial charge in [0.05, 0.1) is 22.8 Å². The number of alkyl halides is 6. The molecule has 0 saturated carbocycles. The molecule has 0 radical (unpaired) electrons. The van der Waals surface area contributed by atoms with E-state index in [2.05, 4.69) is 9.98 Å². The fraction of sp³-hybridized carbons (Fsp3) is 0.533. The van der Waals surface area contributed by atoms with E-state index in [1.807, 2.05) is 0 Å². The summed E-state index contributed by atoms with van der Waals surface area (Å²) in [6, 6.07) is 10.3. The zero-order valence-electron chi connectivity index (χ0n) is 22.8. The van der Waals surface area contributed by atoms with Crippen LogP contribution in [-0.4, -0.2) is 24.8 Å². The Hall–Kier alpha value is -3.04. The lowest BCUT2D eigenvalue weighted by atomic mass is 10.1. The van der Waals surface area contributed by atoms with Gasteiger partial charge in [0, 0.05) is 25.9 Å². The highest BCUT2D eigenvalue weighted by Gasteiger charge is 2.31. The topological polar surface area (TPSA) is 76.8 Å². The zero-order valence-corrected chi connectivity index (χ0v) is 22.8. The number of hydrogen-bond donors (Lipinski definition) is 2. The molecular formula is C30H40F6N4. The first-order valence-corrected chi connectivity index (χ1v) is 13.8. The maximum absolute atomic E-state index is 12.8. The summed E-state index contributed by atoms with van der Waals surface area (Å²) in [5, 5.41) is 0. The second-order valence-corrected chi connectivity index (χ2v) is 10.0. The van der Waals surface area contributed by atoms with Crippen molar-refractivity contribution in [2.45, 2.75) is 89.4 Å². The number of aliphatic imine (C=N–C) groups is 2. The van der Waals surface area contributed by atoms with Crippen molar-refractivity contribution in [3.63, 3.8) is 0 Å². The second kappa shape index (κ2) is 16.9. The van der Waals surface area contributed by atoms with Gasteiger partial charge in [-0.25, -0.2) is 0 Å². The number of amidine groups is 2. The minimum Gasteiger partial charge on any atom is -0.387 e. The first-order chi connectivity index (χ1) is 18.9. The van der Waals surface area contributed by atoms with E-state index in [1.54, 1.807) is 12.1 Å². The molecule has 4 nitrogen and oxygen atoms in total. The lowest BCUT2D eigenvalue weighted by Gasteiger charge is -2.08. The van der Waals surface area contributed by atoms with E-state index in [9.17, 15) is 26.3 Å². The molecule has 0 bridgehead atoms. The maximum Gasteiger partial charge on any atom is 0.416 e.